The first-order valence-electron chi connectivity index (χ1n) is 4.08. The van der Waals surface area contributed by atoms with Crippen molar-refractivity contribution in [3.63, 3.8) is 0 Å². The van der Waals surface area contributed by atoms with Gasteiger partial charge in [-0.05, 0) is 0 Å². The van der Waals surface area contributed by atoms with Crippen LogP contribution in [0.4, 0.5) is 0 Å². The molecule has 0 spiro atoms. The highest BCUT2D eigenvalue weighted by atomic mass is 32.2. The molecule has 1 fully saturated rings. The molecule has 86 valence electrons. The maximum absolute atomic E-state index is 11.4. The molecule has 0 aromatic heterocycles. The Balaban J connectivity index is 2.99. The number of rotatable bonds is 3. The third kappa shape index (κ3) is 2.43. The molecule has 0 saturated carbocycles. The van der Waals surface area contributed by atoms with Gasteiger partial charge >= 0.3 is 5.97 Å². The molecule has 0 aromatic carbocycles. The van der Waals surface area contributed by atoms with E-state index in [0.717, 1.165) is 7.05 Å². The number of amides is 1. The van der Waals surface area contributed by atoms with Crippen molar-refractivity contribution in [3.8, 4) is 0 Å². The molecule has 1 heterocycles. The number of nitrogens with zero attached hydrogens (tertiary/aromatic N) is 1. The zero-order valence-corrected chi connectivity index (χ0v) is 8.74. The quantitative estimate of drug-likeness (QED) is 0.495. The first-order valence-corrected chi connectivity index (χ1v) is 5.52. The van der Waals surface area contributed by atoms with Gasteiger partial charge in [-0.2, -0.15) is 12.7 Å². The minimum atomic E-state index is -3.91. The standard InChI is InChI=1S/C6H11N3O5S/c1-7-15(13,14)9-3-5(10)8-2-4(9)6(11)12/h4,7H,2-3H2,1H3,(H,8,10)(H,11,12). The lowest BCUT2D eigenvalue weighted by atomic mass is 10.2. The van der Waals surface area contributed by atoms with Crippen LogP contribution in [0.5, 0.6) is 0 Å². The van der Waals surface area contributed by atoms with E-state index in [1.807, 2.05) is 4.72 Å². The summed E-state index contributed by atoms with van der Waals surface area (Å²) < 4.78 is 25.4. The fourth-order valence-corrected chi connectivity index (χ4v) is 2.22. The molecule has 1 atom stereocenters. The van der Waals surface area contributed by atoms with Crippen LogP contribution >= 0.6 is 0 Å². The van der Waals surface area contributed by atoms with Crippen LogP contribution < -0.4 is 10.0 Å². The predicted molar refractivity (Wildman–Crippen MR) is 49.1 cm³/mol. The van der Waals surface area contributed by atoms with Gasteiger partial charge in [0.05, 0.1) is 6.54 Å². The first-order chi connectivity index (χ1) is 6.88. The Bertz CT molecular complexity index is 378. The molecule has 1 amide bonds. The number of carboxylic acid groups (broad SMARTS) is 1. The van der Waals surface area contributed by atoms with Crippen molar-refractivity contribution in [1.82, 2.24) is 14.3 Å². The molecule has 3 N–H and O–H groups in total. The van der Waals surface area contributed by atoms with Crippen LogP contribution in [-0.4, -0.2) is 55.9 Å². The second kappa shape index (κ2) is 4.13. The van der Waals surface area contributed by atoms with E-state index in [9.17, 15) is 18.0 Å². The van der Waals surface area contributed by atoms with Gasteiger partial charge in [-0.3, -0.25) is 9.59 Å². The van der Waals surface area contributed by atoms with E-state index < -0.39 is 34.7 Å². The zero-order chi connectivity index (χ0) is 11.6. The predicted octanol–water partition coefficient (Wildman–Crippen LogP) is -2.66. The molecule has 0 bridgehead atoms. The van der Waals surface area contributed by atoms with Crippen molar-refractivity contribution in [2.45, 2.75) is 6.04 Å². The average molecular weight is 237 g/mol. The van der Waals surface area contributed by atoms with Gasteiger partial charge in [-0.15, -0.1) is 0 Å². The van der Waals surface area contributed by atoms with Crippen molar-refractivity contribution in [2.75, 3.05) is 20.1 Å². The number of carbonyl (C=O) groups is 2. The number of aliphatic carboxylic acids is 1. The lowest BCUT2D eigenvalue weighted by molar-refractivity contribution is -0.143. The highest BCUT2D eigenvalue weighted by Gasteiger charge is 2.38. The Kier molecular flexibility index (Phi) is 3.27. The third-order valence-corrected chi connectivity index (χ3v) is 3.51. The van der Waals surface area contributed by atoms with Gasteiger partial charge in [0.1, 0.15) is 6.04 Å². The number of hydrogen-bond donors (Lipinski definition) is 3. The summed E-state index contributed by atoms with van der Waals surface area (Å²) in [4.78, 5) is 21.7. The highest BCUT2D eigenvalue weighted by Crippen LogP contribution is 2.08. The van der Waals surface area contributed by atoms with E-state index in [0.29, 0.717) is 4.31 Å². The summed E-state index contributed by atoms with van der Waals surface area (Å²) in [7, 11) is -2.75. The van der Waals surface area contributed by atoms with E-state index in [-0.39, 0.29) is 6.54 Å². The van der Waals surface area contributed by atoms with Gasteiger partial charge in [0.2, 0.25) is 5.91 Å². The van der Waals surface area contributed by atoms with Crippen LogP contribution in [0.15, 0.2) is 0 Å². The van der Waals surface area contributed by atoms with E-state index >= 15 is 0 Å². The monoisotopic (exact) mass is 237 g/mol. The van der Waals surface area contributed by atoms with Crippen molar-refractivity contribution in [3.05, 3.63) is 0 Å². The Labute approximate surface area is 86.4 Å². The highest BCUT2D eigenvalue weighted by molar-refractivity contribution is 7.87. The fraction of sp³-hybridized carbons (Fsp3) is 0.667. The molecule has 1 rings (SSSR count). The molecule has 9 heteroatoms. The largest absolute Gasteiger partial charge is 0.480 e. The Morgan fingerprint density at radius 3 is 2.73 bits per heavy atom. The molecule has 8 nitrogen and oxygen atoms in total. The van der Waals surface area contributed by atoms with E-state index in [2.05, 4.69) is 5.32 Å². The van der Waals surface area contributed by atoms with Crippen LogP contribution in [0.1, 0.15) is 0 Å². The lowest BCUT2D eigenvalue weighted by Crippen LogP contribution is -2.61. The minimum Gasteiger partial charge on any atom is -0.480 e. The lowest BCUT2D eigenvalue weighted by Gasteiger charge is -2.31. The molecule has 0 radical (unpaired) electrons. The van der Waals surface area contributed by atoms with Gasteiger partial charge in [0.25, 0.3) is 10.2 Å². The van der Waals surface area contributed by atoms with Gasteiger partial charge in [-0.1, -0.05) is 0 Å². The van der Waals surface area contributed by atoms with Crippen molar-refractivity contribution in [1.29, 1.82) is 0 Å². The molecule has 0 aliphatic carbocycles. The van der Waals surface area contributed by atoms with Crippen molar-refractivity contribution < 1.29 is 23.1 Å². The maximum atomic E-state index is 11.4. The van der Waals surface area contributed by atoms with Crippen LogP contribution in [0, 0.1) is 0 Å². The number of hydrogen-bond acceptors (Lipinski definition) is 4. The molecular weight excluding hydrogens is 226 g/mol. The number of piperazine rings is 1. The molecule has 0 aromatic rings. The molecule has 1 saturated heterocycles. The summed E-state index contributed by atoms with van der Waals surface area (Å²) in [6.45, 7) is -0.713. The van der Waals surface area contributed by atoms with E-state index in [4.69, 9.17) is 5.11 Å². The molecule has 15 heavy (non-hydrogen) atoms. The molecule has 1 aliphatic heterocycles. The smallest absolute Gasteiger partial charge is 0.323 e. The summed E-state index contributed by atoms with van der Waals surface area (Å²) in [6, 6.07) is -1.26. The van der Waals surface area contributed by atoms with E-state index in [1.165, 1.54) is 0 Å². The maximum Gasteiger partial charge on any atom is 0.323 e. The van der Waals surface area contributed by atoms with E-state index in [1.54, 1.807) is 0 Å². The van der Waals surface area contributed by atoms with Crippen LogP contribution in [0.3, 0.4) is 0 Å². The average Bonchev–Trinajstić information content (AvgIpc) is 2.17. The van der Waals surface area contributed by atoms with Crippen molar-refractivity contribution >= 4 is 22.1 Å². The minimum absolute atomic E-state index is 0.227. The Hall–Kier alpha value is -1.19. The Morgan fingerprint density at radius 2 is 2.27 bits per heavy atom. The second-order valence-corrected chi connectivity index (χ2v) is 4.74. The van der Waals surface area contributed by atoms with Gasteiger partial charge in [0, 0.05) is 13.6 Å². The molecule has 1 aliphatic rings. The number of carbonyl (C=O) groups excluding carboxylic acids is 1. The number of carboxylic acids is 1. The van der Waals surface area contributed by atoms with Gasteiger partial charge < -0.3 is 10.4 Å². The van der Waals surface area contributed by atoms with Gasteiger partial charge in [-0.25, -0.2) is 4.72 Å². The summed E-state index contributed by atoms with van der Waals surface area (Å²) in [6.07, 6.45) is 0. The third-order valence-electron chi connectivity index (χ3n) is 1.99. The summed E-state index contributed by atoms with van der Waals surface area (Å²) >= 11 is 0. The SMILES string of the molecule is CNS(=O)(=O)N1CC(=O)NCC1C(=O)O. The Morgan fingerprint density at radius 1 is 1.67 bits per heavy atom. The number of nitrogens with one attached hydrogen (secondary N) is 2. The van der Waals surface area contributed by atoms with Gasteiger partial charge in [0.15, 0.2) is 0 Å². The summed E-state index contributed by atoms with van der Waals surface area (Å²) in [5.74, 6) is -1.82. The fourth-order valence-electron chi connectivity index (χ4n) is 1.20. The zero-order valence-electron chi connectivity index (χ0n) is 7.93. The topological polar surface area (TPSA) is 116 Å². The summed E-state index contributed by atoms with van der Waals surface area (Å²) in [5, 5.41) is 11.1. The van der Waals surface area contributed by atoms with Crippen molar-refractivity contribution in [2.24, 2.45) is 0 Å². The van der Waals surface area contributed by atoms with Crippen LogP contribution in [0.2, 0.25) is 0 Å². The second-order valence-electron chi connectivity index (χ2n) is 2.91. The summed E-state index contributed by atoms with van der Waals surface area (Å²) in [5.41, 5.74) is 0. The normalized spacial score (nSPS) is 23.5. The molecule has 1 unspecified atom stereocenters. The molecular formula is C6H11N3O5S. The first kappa shape index (κ1) is 11.9. The van der Waals surface area contributed by atoms with Crippen LogP contribution in [-0.2, 0) is 19.8 Å². The van der Waals surface area contributed by atoms with Crippen LogP contribution in [0.25, 0.3) is 0 Å².